The summed E-state index contributed by atoms with van der Waals surface area (Å²) in [6.45, 7) is 8.36. The molecule has 0 bridgehead atoms. The number of ether oxygens (including phenoxy) is 1. The Labute approximate surface area is 103 Å². The average Bonchev–Trinajstić information content (AvgIpc) is 2.25. The summed E-state index contributed by atoms with van der Waals surface area (Å²) in [7, 11) is 0. The largest absolute Gasteiger partial charge is 0.391 e. The zero-order valence-electron chi connectivity index (χ0n) is 11.0. The van der Waals surface area contributed by atoms with Crippen LogP contribution in [0.2, 0.25) is 0 Å². The third-order valence-corrected chi connectivity index (χ3v) is 2.58. The van der Waals surface area contributed by atoms with Crippen LogP contribution in [0.4, 0.5) is 0 Å². The second kappa shape index (κ2) is 6.33. The maximum absolute atomic E-state index is 11.7. The van der Waals surface area contributed by atoms with Crippen LogP contribution in [0.25, 0.3) is 0 Å². The van der Waals surface area contributed by atoms with Crippen molar-refractivity contribution in [3.63, 3.8) is 0 Å². The SMILES string of the molecule is CC(C)(C)CC(O)CNC(=O)C1CNCCO1. The molecule has 1 fully saturated rings. The molecule has 1 heterocycles. The molecule has 5 nitrogen and oxygen atoms in total. The lowest BCUT2D eigenvalue weighted by molar-refractivity contribution is -0.134. The quantitative estimate of drug-likeness (QED) is 0.645. The number of amides is 1. The van der Waals surface area contributed by atoms with Gasteiger partial charge in [0.15, 0.2) is 0 Å². The molecule has 1 aliphatic rings. The molecule has 1 rings (SSSR count). The molecule has 3 N–H and O–H groups in total. The monoisotopic (exact) mass is 244 g/mol. The highest BCUT2D eigenvalue weighted by molar-refractivity contribution is 5.81. The molecule has 0 aliphatic carbocycles. The maximum atomic E-state index is 11.7. The Kier molecular flexibility index (Phi) is 5.36. The van der Waals surface area contributed by atoms with Crippen molar-refractivity contribution in [1.29, 1.82) is 0 Å². The Morgan fingerprint density at radius 3 is 2.82 bits per heavy atom. The summed E-state index contributed by atoms with van der Waals surface area (Å²) in [5, 5.41) is 15.6. The van der Waals surface area contributed by atoms with Crippen LogP contribution >= 0.6 is 0 Å². The summed E-state index contributed by atoms with van der Waals surface area (Å²) < 4.78 is 5.32. The highest BCUT2D eigenvalue weighted by atomic mass is 16.5. The van der Waals surface area contributed by atoms with Crippen molar-refractivity contribution in [1.82, 2.24) is 10.6 Å². The molecule has 100 valence electrons. The number of aliphatic hydroxyl groups excluding tert-OH is 1. The molecular weight excluding hydrogens is 220 g/mol. The van der Waals surface area contributed by atoms with Crippen molar-refractivity contribution < 1.29 is 14.6 Å². The van der Waals surface area contributed by atoms with E-state index in [4.69, 9.17) is 4.74 Å². The lowest BCUT2D eigenvalue weighted by atomic mass is 9.89. The number of hydrogen-bond acceptors (Lipinski definition) is 4. The van der Waals surface area contributed by atoms with Crippen LogP contribution in [0, 0.1) is 5.41 Å². The van der Waals surface area contributed by atoms with Gasteiger partial charge in [0.05, 0.1) is 12.7 Å². The van der Waals surface area contributed by atoms with E-state index < -0.39 is 12.2 Å². The fourth-order valence-electron chi connectivity index (χ4n) is 1.85. The minimum absolute atomic E-state index is 0.0625. The number of hydrogen-bond donors (Lipinski definition) is 3. The zero-order chi connectivity index (χ0) is 12.9. The molecule has 17 heavy (non-hydrogen) atoms. The van der Waals surface area contributed by atoms with Crippen LogP contribution in [0.5, 0.6) is 0 Å². The van der Waals surface area contributed by atoms with Gasteiger partial charge in [0, 0.05) is 19.6 Å². The molecule has 0 aromatic rings. The molecular formula is C12H24N2O3. The number of morpholine rings is 1. The molecule has 1 aliphatic heterocycles. The summed E-state index contributed by atoms with van der Waals surface area (Å²) in [6, 6.07) is 0. The molecule has 1 amide bonds. The zero-order valence-corrected chi connectivity index (χ0v) is 11.0. The van der Waals surface area contributed by atoms with Gasteiger partial charge in [0.2, 0.25) is 0 Å². The molecule has 0 radical (unpaired) electrons. The standard InChI is InChI=1S/C12H24N2O3/c1-12(2,3)6-9(15)7-14-11(16)10-8-13-4-5-17-10/h9-10,13,15H,4-8H2,1-3H3,(H,14,16). The average molecular weight is 244 g/mol. The predicted molar refractivity (Wildman–Crippen MR) is 65.7 cm³/mol. The van der Waals surface area contributed by atoms with Gasteiger partial charge in [-0.25, -0.2) is 0 Å². The van der Waals surface area contributed by atoms with Crippen LogP contribution in [0.15, 0.2) is 0 Å². The number of carbonyl (C=O) groups excluding carboxylic acids is 1. The van der Waals surface area contributed by atoms with Crippen molar-refractivity contribution in [3.05, 3.63) is 0 Å². The Bertz CT molecular complexity index is 245. The lowest BCUT2D eigenvalue weighted by Crippen LogP contribution is -2.49. The van der Waals surface area contributed by atoms with Crippen molar-refractivity contribution >= 4 is 5.91 Å². The van der Waals surface area contributed by atoms with Crippen LogP contribution in [0.3, 0.4) is 0 Å². The van der Waals surface area contributed by atoms with E-state index >= 15 is 0 Å². The fourth-order valence-corrected chi connectivity index (χ4v) is 1.85. The van der Waals surface area contributed by atoms with E-state index in [2.05, 4.69) is 31.4 Å². The van der Waals surface area contributed by atoms with Gasteiger partial charge in [0.25, 0.3) is 5.91 Å². The van der Waals surface area contributed by atoms with Gasteiger partial charge in [-0.3, -0.25) is 4.79 Å². The molecule has 0 spiro atoms. The second-order valence-corrected chi connectivity index (χ2v) is 5.73. The molecule has 1 saturated heterocycles. The number of aliphatic hydroxyl groups is 1. The van der Waals surface area contributed by atoms with Crippen molar-refractivity contribution in [3.8, 4) is 0 Å². The fraction of sp³-hybridized carbons (Fsp3) is 0.917. The Morgan fingerprint density at radius 1 is 1.59 bits per heavy atom. The van der Waals surface area contributed by atoms with Crippen LogP contribution in [-0.2, 0) is 9.53 Å². The second-order valence-electron chi connectivity index (χ2n) is 5.73. The predicted octanol–water partition coefficient (Wildman–Crippen LogP) is -0.112. The van der Waals surface area contributed by atoms with Gasteiger partial charge in [-0.05, 0) is 11.8 Å². The topological polar surface area (TPSA) is 70.6 Å². The van der Waals surface area contributed by atoms with Gasteiger partial charge < -0.3 is 20.5 Å². The summed E-state index contributed by atoms with van der Waals surface area (Å²) in [6.07, 6.45) is -0.266. The van der Waals surface area contributed by atoms with Gasteiger partial charge >= 0.3 is 0 Å². The van der Waals surface area contributed by atoms with Crippen molar-refractivity contribution in [2.24, 2.45) is 5.41 Å². The first-order chi connectivity index (χ1) is 7.88. The number of carbonyl (C=O) groups is 1. The van der Waals surface area contributed by atoms with Crippen LogP contribution in [-0.4, -0.2) is 49.5 Å². The molecule has 0 aromatic carbocycles. The van der Waals surface area contributed by atoms with Crippen LogP contribution < -0.4 is 10.6 Å². The molecule has 2 atom stereocenters. The minimum atomic E-state index is -0.504. The van der Waals surface area contributed by atoms with Crippen molar-refractivity contribution in [2.45, 2.75) is 39.4 Å². The summed E-state index contributed by atoms with van der Waals surface area (Å²) in [4.78, 5) is 11.7. The third-order valence-electron chi connectivity index (χ3n) is 2.58. The normalized spacial score (nSPS) is 23.2. The van der Waals surface area contributed by atoms with E-state index in [1.54, 1.807) is 0 Å². The van der Waals surface area contributed by atoms with E-state index in [0.29, 0.717) is 19.6 Å². The van der Waals surface area contributed by atoms with Gasteiger partial charge in [-0.15, -0.1) is 0 Å². The first-order valence-electron chi connectivity index (χ1n) is 6.16. The summed E-state index contributed by atoms with van der Waals surface area (Å²) in [5.74, 6) is -0.148. The molecule has 5 heteroatoms. The van der Waals surface area contributed by atoms with Gasteiger partial charge in [-0.2, -0.15) is 0 Å². The first kappa shape index (κ1) is 14.4. The number of rotatable bonds is 4. The Morgan fingerprint density at radius 2 is 2.29 bits per heavy atom. The molecule has 2 unspecified atom stereocenters. The first-order valence-corrected chi connectivity index (χ1v) is 6.16. The lowest BCUT2D eigenvalue weighted by Gasteiger charge is -2.25. The smallest absolute Gasteiger partial charge is 0.250 e. The van der Waals surface area contributed by atoms with E-state index in [-0.39, 0.29) is 17.9 Å². The molecule has 0 aromatic heterocycles. The highest BCUT2D eigenvalue weighted by Gasteiger charge is 2.23. The summed E-state index contributed by atoms with van der Waals surface area (Å²) in [5.41, 5.74) is 0.0625. The van der Waals surface area contributed by atoms with E-state index in [1.807, 2.05) is 0 Å². The van der Waals surface area contributed by atoms with E-state index in [0.717, 1.165) is 6.54 Å². The third kappa shape index (κ3) is 6.00. The van der Waals surface area contributed by atoms with E-state index in [9.17, 15) is 9.90 Å². The Hall–Kier alpha value is -0.650. The highest BCUT2D eigenvalue weighted by Crippen LogP contribution is 2.20. The minimum Gasteiger partial charge on any atom is -0.391 e. The van der Waals surface area contributed by atoms with E-state index in [1.165, 1.54) is 0 Å². The Balaban J connectivity index is 2.22. The van der Waals surface area contributed by atoms with Crippen LogP contribution in [0.1, 0.15) is 27.2 Å². The number of nitrogens with one attached hydrogen (secondary N) is 2. The van der Waals surface area contributed by atoms with Gasteiger partial charge in [-0.1, -0.05) is 20.8 Å². The van der Waals surface area contributed by atoms with Gasteiger partial charge in [0.1, 0.15) is 6.10 Å². The molecule has 0 saturated carbocycles. The van der Waals surface area contributed by atoms with Crippen molar-refractivity contribution in [2.75, 3.05) is 26.2 Å². The summed E-state index contributed by atoms with van der Waals surface area (Å²) >= 11 is 0. The maximum Gasteiger partial charge on any atom is 0.250 e.